The van der Waals surface area contributed by atoms with Gasteiger partial charge in [-0.3, -0.25) is 4.79 Å². The third-order valence-corrected chi connectivity index (χ3v) is 4.28. The van der Waals surface area contributed by atoms with Crippen molar-refractivity contribution in [3.63, 3.8) is 0 Å². The molecule has 1 aliphatic carbocycles. The van der Waals surface area contributed by atoms with Gasteiger partial charge in [0.15, 0.2) is 0 Å². The van der Waals surface area contributed by atoms with Gasteiger partial charge >= 0.3 is 6.18 Å². The molecule has 0 saturated heterocycles. The van der Waals surface area contributed by atoms with E-state index in [1.54, 1.807) is 0 Å². The van der Waals surface area contributed by atoms with Gasteiger partial charge in [0.1, 0.15) is 5.82 Å². The molecular formula is C14H17ClF3N3O2. The highest BCUT2D eigenvalue weighted by Crippen LogP contribution is 2.41. The monoisotopic (exact) mass is 351 g/mol. The van der Waals surface area contributed by atoms with Crippen LogP contribution < -0.4 is 11.1 Å². The largest absolute Gasteiger partial charge is 0.391 e. The van der Waals surface area contributed by atoms with E-state index in [2.05, 4.69) is 10.3 Å². The summed E-state index contributed by atoms with van der Waals surface area (Å²) in [4.78, 5) is 14.9. The van der Waals surface area contributed by atoms with Crippen LogP contribution in [0.5, 0.6) is 0 Å². The number of halogens is 4. The van der Waals surface area contributed by atoms with E-state index in [9.17, 15) is 23.1 Å². The zero-order valence-corrected chi connectivity index (χ0v) is 12.9. The molecule has 23 heavy (non-hydrogen) atoms. The van der Waals surface area contributed by atoms with Gasteiger partial charge in [0.05, 0.1) is 22.1 Å². The molecule has 1 aromatic rings. The van der Waals surface area contributed by atoms with E-state index < -0.39 is 23.6 Å². The number of nitrogens with one attached hydrogen (secondary N) is 1. The number of hydrogen-bond donors (Lipinski definition) is 3. The fraction of sp³-hybridized carbons (Fsp3) is 0.571. The average molecular weight is 352 g/mol. The van der Waals surface area contributed by atoms with Gasteiger partial charge in [0.2, 0.25) is 5.91 Å². The van der Waals surface area contributed by atoms with Crippen molar-refractivity contribution >= 4 is 23.3 Å². The first-order valence-corrected chi connectivity index (χ1v) is 7.47. The highest BCUT2D eigenvalue weighted by atomic mass is 35.5. The number of anilines is 1. The van der Waals surface area contributed by atoms with Gasteiger partial charge in [-0.15, -0.1) is 0 Å². The van der Waals surface area contributed by atoms with Crippen molar-refractivity contribution < 1.29 is 23.1 Å². The zero-order valence-electron chi connectivity index (χ0n) is 12.2. The normalized spacial score (nSPS) is 25.2. The van der Waals surface area contributed by atoms with E-state index >= 15 is 0 Å². The first-order chi connectivity index (χ1) is 10.6. The van der Waals surface area contributed by atoms with E-state index in [-0.39, 0.29) is 42.2 Å². The maximum Gasteiger partial charge on any atom is 0.391 e. The lowest BCUT2D eigenvalue weighted by atomic mass is 9.77. The van der Waals surface area contributed by atoms with Crippen LogP contribution in [-0.4, -0.2) is 34.3 Å². The number of hydrogen-bond acceptors (Lipinski definition) is 4. The Morgan fingerprint density at radius 1 is 1.57 bits per heavy atom. The van der Waals surface area contributed by atoms with Crippen LogP contribution in [-0.2, 0) is 0 Å². The molecule has 9 heteroatoms. The molecule has 1 saturated carbocycles. The molecule has 0 aromatic carbocycles. The smallest absolute Gasteiger partial charge is 0.388 e. The van der Waals surface area contributed by atoms with E-state index in [1.165, 1.54) is 12.3 Å². The summed E-state index contributed by atoms with van der Waals surface area (Å²) >= 11 is 5.94. The molecule has 0 radical (unpaired) electrons. The van der Waals surface area contributed by atoms with Crippen molar-refractivity contribution in [3.8, 4) is 0 Å². The maximum atomic E-state index is 12.8. The minimum absolute atomic E-state index is 0.0259. The van der Waals surface area contributed by atoms with Crippen LogP contribution in [0.4, 0.5) is 19.0 Å². The van der Waals surface area contributed by atoms with Crippen LogP contribution >= 0.6 is 11.6 Å². The number of aromatic nitrogens is 1. The summed E-state index contributed by atoms with van der Waals surface area (Å²) in [7, 11) is 0. The number of primary amides is 1. The molecule has 0 aliphatic heterocycles. The number of amides is 1. The Bertz CT molecular complexity index is 597. The third-order valence-electron chi connectivity index (χ3n) is 3.99. The number of carbonyl (C=O) groups is 1. The van der Waals surface area contributed by atoms with Gasteiger partial charge < -0.3 is 16.2 Å². The Labute approximate surface area is 136 Å². The highest BCUT2D eigenvalue weighted by Gasteiger charge is 2.46. The van der Waals surface area contributed by atoms with Crippen molar-refractivity contribution in [1.82, 2.24) is 4.98 Å². The summed E-state index contributed by atoms with van der Waals surface area (Å²) in [5, 5.41) is 13.2. The quantitative estimate of drug-likeness (QED) is 0.778. The molecule has 0 spiro atoms. The summed E-state index contributed by atoms with van der Waals surface area (Å²) in [6.07, 6.45) is -2.88. The Morgan fingerprint density at radius 2 is 2.26 bits per heavy atom. The van der Waals surface area contributed by atoms with Crippen molar-refractivity contribution in [2.24, 2.45) is 11.7 Å². The molecule has 5 nitrogen and oxygen atoms in total. The molecule has 0 bridgehead atoms. The molecule has 2 atom stereocenters. The molecule has 4 N–H and O–H groups in total. The fourth-order valence-electron chi connectivity index (χ4n) is 2.73. The maximum absolute atomic E-state index is 12.8. The highest BCUT2D eigenvalue weighted by molar-refractivity contribution is 6.33. The Morgan fingerprint density at radius 3 is 2.83 bits per heavy atom. The minimum Gasteiger partial charge on any atom is -0.388 e. The van der Waals surface area contributed by atoms with E-state index in [1.807, 2.05) is 0 Å². The predicted octanol–water partition coefficient (Wildman–Crippen LogP) is 2.73. The van der Waals surface area contributed by atoms with Gasteiger partial charge in [-0.1, -0.05) is 11.6 Å². The number of nitrogens with zero attached hydrogens (tertiary/aromatic N) is 1. The van der Waals surface area contributed by atoms with E-state index in [0.29, 0.717) is 6.42 Å². The summed E-state index contributed by atoms with van der Waals surface area (Å²) in [5.74, 6) is -2.02. The lowest BCUT2D eigenvalue weighted by molar-refractivity contribution is -0.199. The third kappa shape index (κ3) is 4.48. The summed E-state index contributed by atoms with van der Waals surface area (Å²) in [5.41, 5.74) is 3.74. The van der Waals surface area contributed by atoms with Crippen LogP contribution in [0.2, 0.25) is 5.02 Å². The van der Waals surface area contributed by atoms with Crippen LogP contribution in [0.15, 0.2) is 12.3 Å². The van der Waals surface area contributed by atoms with Crippen molar-refractivity contribution in [1.29, 1.82) is 0 Å². The first kappa shape index (κ1) is 17.8. The molecule has 1 aromatic heterocycles. The minimum atomic E-state index is -4.31. The summed E-state index contributed by atoms with van der Waals surface area (Å²) in [6, 6.07) is 1.31. The first-order valence-electron chi connectivity index (χ1n) is 7.09. The lowest BCUT2D eigenvalue weighted by Crippen LogP contribution is -2.45. The summed E-state index contributed by atoms with van der Waals surface area (Å²) in [6.45, 7) is -0.109. The lowest BCUT2D eigenvalue weighted by Gasteiger charge is -2.37. The topological polar surface area (TPSA) is 88.2 Å². The zero-order chi connectivity index (χ0) is 17.3. The molecule has 1 heterocycles. The molecule has 1 amide bonds. The molecule has 128 valence electrons. The van der Waals surface area contributed by atoms with Crippen molar-refractivity contribution in [2.75, 3.05) is 11.9 Å². The van der Waals surface area contributed by atoms with Gasteiger partial charge in [-0.25, -0.2) is 4.98 Å². The number of rotatable bonds is 4. The second-order valence-electron chi connectivity index (χ2n) is 5.83. The molecule has 1 aliphatic rings. The Balaban J connectivity index is 2.03. The molecule has 2 rings (SSSR count). The predicted molar refractivity (Wildman–Crippen MR) is 79.2 cm³/mol. The average Bonchev–Trinajstić information content (AvgIpc) is 2.45. The summed E-state index contributed by atoms with van der Waals surface area (Å²) < 4.78 is 38.5. The Hall–Kier alpha value is -1.54. The second kappa shape index (κ2) is 6.52. The Kier molecular flexibility index (Phi) is 5.05. The van der Waals surface area contributed by atoms with Crippen LogP contribution in [0.3, 0.4) is 0 Å². The number of alkyl halides is 3. The van der Waals surface area contributed by atoms with E-state index in [0.717, 1.165) is 0 Å². The van der Waals surface area contributed by atoms with Crippen molar-refractivity contribution in [2.45, 2.75) is 37.5 Å². The molecule has 1 fully saturated rings. The number of nitrogens with two attached hydrogens (primary N) is 1. The van der Waals surface area contributed by atoms with Gasteiger partial charge in [-0.05, 0) is 31.7 Å². The van der Waals surface area contributed by atoms with Crippen LogP contribution in [0.25, 0.3) is 0 Å². The van der Waals surface area contributed by atoms with E-state index in [4.69, 9.17) is 17.3 Å². The van der Waals surface area contributed by atoms with Gasteiger partial charge in [0.25, 0.3) is 0 Å². The number of aliphatic hydroxyl groups is 1. The van der Waals surface area contributed by atoms with Crippen LogP contribution in [0, 0.1) is 5.92 Å². The fourth-order valence-corrected chi connectivity index (χ4v) is 2.96. The van der Waals surface area contributed by atoms with Gasteiger partial charge in [-0.2, -0.15) is 13.2 Å². The van der Waals surface area contributed by atoms with Gasteiger partial charge in [0, 0.05) is 12.7 Å². The van der Waals surface area contributed by atoms with Crippen molar-refractivity contribution in [3.05, 3.63) is 22.8 Å². The standard InChI is InChI=1S/C14H17ClF3N3O2/c15-10-4-8(11(19)22)6-20-12(10)21-7-13(23)3-1-2-9(5-13)14(16,17)18/h4,6,9,23H,1-3,5,7H2,(H2,19,22)(H,20,21). The molecular weight excluding hydrogens is 335 g/mol. The van der Waals surface area contributed by atoms with Crippen LogP contribution in [0.1, 0.15) is 36.0 Å². The molecule has 2 unspecified atom stereocenters. The second-order valence-corrected chi connectivity index (χ2v) is 6.24. The number of carbonyl (C=O) groups excluding carboxylic acids is 1. The number of pyridine rings is 1. The SMILES string of the molecule is NC(=O)c1cnc(NCC2(O)CCCC(C(F)(F)F)C2)c(Cl)c1.